The van der Waals surface area contributed by atoms with E-state index >= 15 is 0 Å². The zero-order valence-electron chi connectivity index (χ0n) is 32.7. The minimum atomic E-state index is -1.40. The quantitative estimate of drug-likeness (QED) is 0.0686. The number of likely N-dealkylation sites (N-methyl/N-ethyl adjacent to an activating group) is 1. The molecular formula is C43H56N2O11. The maximum atomic E-state index is 13.4. The first-order valence-corrected chi connectivity index (χ1v) is 19.8. The van der Waals surface area contributed by atoms with Crippen LogP contribution in [0.25, 0.3) is 0 Å². The van der Waals surface area contributed by atoms with Crippen molar-refractivity contribution in [3.63, 3.8) is 0 Å². The number of unbranched alkanes of at least 4 members (excludes halogenated alkanes) is 2. The molecule has 2 aliphatic heterocycles. The van der Waals surface area contributed by atoms with Gasteiger partial charge in [0.2, 0.25) is 12.1 Å². The van der Waals surface area contributed by atoms with Crippen molar-refractivity contribution in [1.82, 2.24) is 4.90 Å². The molecule has 1 saturated heterocycles. The lowest BCUT2D eigenvalue weighted by Gasteiger charge is -2.59. The van der Waals surface area contributed by atoms with Gasteiger partial charge in [-0.15, -0.1) is 6.58 Å². The van der Waals surface area contributed by atoms with Crippen molar-refractivity contribution in [2.75, 3.05) is 47.7 Å². The molecule has 13 heteroatoms. The average molecular weight is 777 g/mol. The first-order valence-electron chi connectivity index (χ1n) is 19.8. The predicted octanol–water partition coefficient (Wildman–Crippen LogP) is 7.16. The van der Waals surface area contributed by atoms with Gasteiger partial charge in [-0.25, -0.2) is 4.79 Å². The van der Waals surface area contributed by atoms with Crippen LogP contribution in [0.1, 0.15) is 86.0 Å². The summed E-state index contributed by atoms with van der Waals surface area (Å²) in [7, 11) is 4.54. The predicted molar refractivity (Wildman–Crippen MR) is 208 cm³/mol. The number of aliphatic hydroxyl groups is 2. The van der Waals surface area contributed by atoms with Crippen molar-refractivity contribution >= 4 is 18.1 Å². The number of aldehydes is 1. The van der Waals surface area contributed by atoms with Crippen LogP contribution >= 0.6 is 0 Å². The summed E-state index contributed by atoms with van der Waals surface area (Å²) >= 11 is 0. The van der Waals surface area contributed by atoms with Crippen molar-refractivity contribution in [3.05, 3.63) is 71.8 Å². The third-order valence-electron chi connectivity index (χ3n) is 11.6. The molecule has 1 saturated carbocycles. The summed E-state index contributed by atoms with van der Waals surface area (Å²) in [5.41, 5.74) is 2.86. The molecule has 0 spiro atoms. The fourth-order valence-corrected chi connectivity index (χ4v) is 8.98. The van der Waals surface area contributed by atoms with E-state index in [1.54, 1.807) is 31.3 Å². The molecule has 6 rings (SSSR count). The number of hydrogen-bond acceptors (Lipinski definition) is 12. The zero-order chi connectivity index (χ0) is 39.7. The van der Waals surface area contributed by atoms with Crippen LogP contribution in [-0.4, -0.2) is 99.0 Å². The molecular weight excluding hydrogens is 720 g/mol. The molecule has 4 aliphatic rings. The molecule has 0 bridgehead atoms. The van der Waals surface area contributed by atoms with Gasteiger partial charge >= 0.3 is 6.09 Å². The number of amides is 1. The molecule has 0 radical (unpaired) electrons. The smallest absolute Gasteiger partial charge is 0.409 e. The molecule has 2 aromatic carbocycles. The lowest BCUT2D eigenvalue weighted by atomic mass is 9.55. The molecule has 2 aliphatic carbocycles. The first-order chi connectivity index (χ1) is 27.3. The van der Waals surface area contributed by atoms with Crippen LogP contribution < -0.4 is 14.2 Å². The van der Waals surface area contributed by atoms with E-state index in [0.29, 0.717) is 53.7 Å². The number of ether oxygens (including phenoxy) is 6. The maximum absolute atomic E-state index is 13.4. The Hall–Kier alpha value is -4.43. The van der Waals surface area contributed by atoms with Gasteiger partial charge in [-0.05, 0) is 92.3 Å². The third-order valence-corrected chi connectivity index (χ3v) is 11.6. The number of oxime groups is 1. The molecule has 56 heavy (non-hydrogen) atoms. The highest BCUT2D eigenvalue weighted by Crippen LogP contribution is 2.62. The Bertz CT molecular complexity index is 1740. The van der Waals surface area contributed by atoms with Crippen LogP contribution in [0.2, 0.25) is 0 Å². The molecule has 0 aromatic heterocycles. The first kappa shape index (κ1) is 41.2. The normalized spacial score (nSPS) is 27.2. The van der Waals surface area contributed by atoms with Crippen LogP contribution in [0, 0.1) is 17.8 Å². The second-order valence-electron chi connectivity index (χ2n) is 14.9. The number of carbonyl (C=O) groups excluding carboxylic acids is 2. The summed E-state index contributed by atoms with van der Waals surface area (Å²) in [5.74, 6) is 0.0148. The van der Waals surface area contributed by atoms with Gasteiger partial charge < -0.3 is 48.4 Å². The monoisotopic (exact) mass is 776 g/mol. The number of allylic oxidation sites excluding steroid dienone is 1. The van der Waals surface area contributed by atoms with Gasteiger partial charge in [0.1, 0.15) is 29.0 Å². The number of nitrogens with zero attached hydrogens (tertiary/aromatic N) is 2. The molecule has 7 atom stereocenters. The van der Waals surface area contributed by atoms with E-state index in [4.69, 9.17) is 38.4 Å². The summed E-state index contributed by atoms with van der Waals surface area (Å²) in [6.45, 7) is 4.87. The molecule has 2 heterocycles. The molecule has 7 unspecified atom stereocenters. The Morgan fingerprint density at radius 2 is 1.82 bits per heavy atom. The molecule has 2 fully saturated rings. The van der Waals surface area contributed by atoms with Crippen LogP contribution in [0.15, 0.2) is 65.9 Å². The van der Waals surface area contributed by atoms with E-state index < -0.39 is 30.1 Å². The van der Waals surface area contributed by atoms with Gasteiger partial charge in [0, 0.05) is 44.6 Å². The minimum Gasteiger partial charge on any atom is -0.496 e. The molecule has 304 valence electrons. The SMILES string of the molecule is C=CCOC12Oc3ccc(Oc4ccc(OC)c(C=O)c4)cc3C3C(CCCCO)C(CCCCO)C=C(C(=NOC4CCCCO4)CC1N(C)C(=O)OC)C32. The van der Waals surface area contributed by atoms with Crippen molar-refractivity contribution < 1.29 is 53.1 Å². The van der Waals surface area contributed by atoms with E-state index in [-0.39, 0.29) is 44.0 Å². The van der Waals surface area contributed by atoms with Crippen molar-refractivity contribution in [2.24, 2.45) is 22.9 Å². The van der Waals surface area contributed by atoms with Crippen LogP contribution in [0.4, 0.5) is 4.79 Å². The average Bonchev–Trinajstić information content (AvgIpc) is 3.23. The minimum absolute atomic E-state index is 0.0345. The highest BCUT2D eigenvalue weighted by atomic mass is 16.8. The van der Waals surface area contributed by atoms with Gasteiger partial charge in [0.25, 0.3) is 0 Å². The summed E-state index contributed by atoms with van der Waals surface area (Å²) in [4.78, 5) is 32.9. The van der Waals surface area contributed by atoms with Crippen LogP contribution in [0.3, 0.4) is 0 Å². The number of benzene rings is 2. The van der Waals surface area contributed by atoms with Crippen molar-refractivity contribution in [3.8, 4) is 23.0 Å². The Morgan fingerprint density at radius 3 is 2.52 bits per heavy atom. The highest BCUT2D eigenvalue weighted by Gasteiger charge is 2.65. The van der Waals surface area contributed by atoms with Gasteiger partial charge in [-0.3, -0.25) is 4.79 Å². The zero-order valence-corrected chi connectivity index (χ0v) is 32.7. The summed E-state index contributed by atoms with van der Waals surface area (Å²) in [6, 6.07) is 10.1. The fourth-order valence-electron chi connectivity index (χ4n) is 8.98. The van der Waals surface area contributed by atoms with Crippen LogP contribution in [0.5, 0.6) is 23.0 Å². The van der Waals surface area contributed by atoms with Crippen molar-refractivity contribution in [1.29, 1.82) is 0 Å². The Balaban J connectivity index is 1.55. The van der Waals surface area contributed by atoms with Gasteiger partial charge in [0.05, 0.1) is 44.6 Å². The van der Waals surface area contributed by atoms with Crippen LogP contribution in [-0.2, 0) is 19.0 Å². The summed E-state index contributed by atoms with van der Waals surface area (Å²) < 4.78 is 36.9. The number of aliphatic hydroxyl groups excluding tert-OH is 2. The van der Waals surface area contributed by atoms with Gasteiger partial charge in [-0.2, -0.15) is 0 Å². The van der Waals surface area contributed by atoms with E-state index in [9.17, 15) is 19.8 Å². The van der Waals surface area contributed by atoms with E-state index in [2.05, 4.69) is 12.7 Å². The van der Waals surface area contributed by atoms with E-state index in [1.807, 2.05) is 18.2 Å². The third kappa shape index (κ3) is 8.61. The lowest BCUT2D eigenvalue weighted by molar-refractivity contribution is -0.253. The lowest BCUT2D eigenvalue weighted by Crippen LogP contribution is -2.69. The number of fused-ring (bicyclic) bond motifs is 2. The maximum Gasteiger partial charge on any atom is 0.409 e. The molecule has 1 amide bonds. The number of methoxy groups -OCH3 is 2. The fraction of sp³-hybridized carbons (Fsp3) is 0.558. The summed E-state index contributed by atoms with van der Waals surface area (Å²) in [5, 5.41) is 24.5. The van der Waals surface area contributed by atoms with Gasteiger partial charge in [0.15, 0.2) is 6.29 Å². The second kappa shape index (κ2) is 19.1. The Kier molecular flexibility index (Phi) is 14.1. The molecule has 2 aromatic rings. The summed E-state index contributed by atoms with van der Waals surface area (Å²) in [6.07, 6.45) is 11.1. The Morgan fingerprint density at radius 1 is 1.05 bits per heavy atom. The number of hydrogen-bond donors (Lipinski definition) is 2. The second-order valence-corrected chi connectivity index (χ2v) is 14.9. The number of rotatable bonds is 18. The standard InChI is InChI=1S/C43H56N2O11/c1-5-21-53-43-38(45(2)42(49)51-4)26-35(44-56-39-14-8-11-22-52-39)33-24-28(12-6-9-19-46)32(13-7-10-20-47)40(41(33)43)34-25-31(16-18-37(34)55-43)54-30-15-17-36(50-3)29(23-30)27-48/h5,15-18,23-25,27-28,32,38-41,46-47H,1,6-14,19-22,26H2,2-4H3. The number of carbonyl (C=O) groups is 2. The van der Waals surface area contributed by atoms with Crippen molar-refractivity contribution in [2.45, 2.75) is 88.2 Å². The largest absolute Gasteiger partial charge is 0.496 e. The molecule has 13 nitrogen and oxygen atoms in total. The topological polar surface area (TPSA) is 155 Å². The highest BCUT2D eigenvalue weighted by molar-refractivity contribution is 6.03. The van der Waals surface area contributed by atoms with Gasteiger partial charge in [-0.1, -0.05) is 30.1 Å². The molecule has 2 N–H and O–H groups in total. The Labute approximate surface area is 329 Å². The van der Waals surface area contributed by atoms with E-state index in [1.165, 1.54) is 19.1 Å². The van der Waals surface area contributed by atoms with E-state index in [0.717, 1.165) is 62.4 Å².